The van der Waals surface area contributed by atoms with Crippen LogP contribution >= 0.6 is 47.8 Å². The Hall–Kier alpha value is -2.51. The summed E-state index contributed by atoms with van der Waals surface area (Å²) in [6, 6.07) is 12.3. The molecule has 0 atom stereocenters. The van der Waals surface area contributed by atoms with Gasteiger partial charge in [-0.1, -0.05) is 53.6 Å². The Bertz CT molecular complexity index is 1190. The second-order valence-electron chi connectivity index (χ2n) is 5.92. The van der Waals surface area contributed by atoms with Gasteiger partial charge in [0.25, 0.3) is 5.91 Å². The molecule has 5 nitrogen and oxygen atoms in total. The summed E-state index contributed by atoms with van der Waals surface area (Å²) in [5.41, 5.74) is 2.16. The van der Waals surface area contributed by atoms with Crippen molar-refractivity contribution in [3.05, 3.63) is 88.1 Å². The Morgan fingerprint density at radius 1 is 1.07 bits per heavy atom. The summed E-state index contributed by atoms with van der Waals surface area (Å²) in [7, 11) is 0. The summed E-state index contributed by atoms with van der Waals surface area (Å²) in [6.45, 7) is 0. The van der Waals surface area contributed by atoms with Crippen LogP contribution in [-0.4, -0.2) is 25.7 Å². The number of nitrogens with zero attached hydrogens (tertiary/aromatic N) is 2. The van der Waals surface area contributed by atoms with E-state index in [2.05, 4.69) is 20.3 Å². The van der Waals surface area contributed by atoms with Crippen molar-refractivity contribution in [1.29, 1.82) is 0 Å². The molecule has 0 radical (unpaired) electrons. The highest BCUT2D eigenvalue weighted by Crippen LogP contribution is 2.27. The molecule has 9 heteroatoms. The third kappa shape index (κ3) is 4.26. The van der Waals surface area contributed by atoms with Crippen molar-refractivity contribution >= 4 is 75.2 Å². The molecule has 146 valence electrons. The molecule has 0 saturated heterocycles. The smallest absolute Gasteiger partial charge is 0.258 e. The van der Waals surface area contributed by atoms with Gasteiger partial charge in [-0.05, 0) is 24.3 Å². The Morgan fingerprint density at radius 3 is 2.48 bits per heavy atom. The van der Waals surface area contributed by atoms with Crippen molar-refractivity contribution in [3.63, 3.8) is 0 Å². The number of amides is 1. The summed E-state index contributed by atoms with van der Waals surface area (Å²) in [5, 5.41) is 4.23. The van der Waals surface area contributed by atoms with Crippen LogP contribution < -0.4 is 5.32 Å². The third-order valence-electron chi connectivity index (χ3n) is 4.12. The Labute approximate surface area is 187 Å². The summed E-state index contributed by atoms with van der Waals surface area (Å²) >= 11 is 17.7. The van der Waals surface area contributed by atoms with Crippen molar-refractivity contribution in [2.24, 2.45) is 0 Å². The molecule has 0 fully saturated rings. The van der Waals surface area contributed by atoms with E-state index in [4.69, 9.17) is 35.4 Å². The van der Waals surface area contributed by atoms with Gasteiger partial charge in [-0.2, -0.15) is 0 Å². The van der Waals surface area contributed by atoms with Crippen LogP contribution in [0.5, 0.6) is 0 Å². The summed E-state index contributed by atoms with van der Waals surface area (Å²) in [5.74, 6) is 0.203. The van der Waals surface area contributed by atoms with Crippen LogP contribution in [0.15, 0.2) is 61.1 Å². The Balaban J connectivity index is 0.00000240. The number of anilines is 1. The number of para-hydroxylation sites is 1. The second-order valence-corrected chi connectivity index (χ2v) is 7.14. The Morgan fingerprint density at radius 2 is 1.79 bits per heavy atom. The highest BCUT2D eigenvalue weighted by atomic mass is 35.5. The van der Waals surface area contributed by atoms with E-state index in [9.17, 15) is 4.79 Å². The molecular weight excluding hydrogens is 451 g/mol. The van der Waals surface area contributed by atoms with Gasteiger partial charge in [0.15, 0.2) is 0 Å². The van der Waals surface area contributed by atoms with E-state index in [1.165, 1.54) is 0 Å². The minimum absolute atomic E-state index is 0. The normalized spacial score (nSPS) is 10.4. The molecule has 0 aliphatic rings. The van der Waals surface area contributed by atoms with Crippen molar-refractivity contribution in [2.75, 3.05) is 5.32 Å². The van der Waals surface area contributed by atoms with Gasteiger partial charge in [0, 0.05) is 29.5 Å². The molecule has 2 aromatic heterocycles. The van der Waals surface area contributed by atoms with E-state index in [0.717, 1.165) is 10.9 Å². The van der Waals surface area contributed by atoms with Crippen LogP contribution in [0.2, 0.25) is 10.0 Å². The number of fused-ring (bicyclic) bond motifs is 1. The number of nitrogens with one attached hydrogen (secondary N) is 2. The molecule has 0 spiro atoms. The zero-order chi connectivity index (χ0) is 19.7. The lowest BCUT2D eigenvalue weighted by atomic mass is 10.1. The number of imidazole rings is 1. The lowest BCUT2D eigenvalue weighted by Gasteiger charge is -2.11. The van der Waals surface area contributed by atoms with E-state index in [-0.39, 0.29) is 28.0 Å². The van der Waals surface area contributed by atoms with E-state index in [0.29, 0.717) is 21.9 Å². The number of aromatic amines is 1. The third-order valence-corrected chi connectivity index (χ3v) is 5.18. The van der Waals surface area contributed by atoms with Crippen molar-refractivity contribution < 1.29 is 4.79 Å². The van der Waals surface area contributed by atoms with Gasteiger partial charge < -0.3 is 10.3 Å². The number of H-pyrrole nitrogens is 1. The van der Waals surface area contributed by atoms with Gasteiger partial charge in [0.1, 0.15) is 5.82 Å². The number of pyridine rings is 1. The molecular formula is C20H13Cl3N4OS. The maximum absolute atomic E-state index is 12.7. The predicted molar refractivity (Wildman–Crippen MR) is 123 cm³/mol. The fourth-order valence-corrected chi connectivity index (χ4v) is 3.60. The molecule has 2 heterocycles. The molecule has 0 saturated carbocycles. The monoisotopic (exact) mass is 462 g/mol. The zero-order valence-electron chi connectivity index (χ0n) is 14.6. The van der Waals surface area contributed by atoms with E-state index >= 15 is 0 Å². The summed E-state index contributed by atoms with van der Waals surface area (Å²) in [4.78, 5) is 24.9. The van der Waals surface area contributed by atoms with Gasteiger partial charge in [-0.25, -0.2) is 4.98 Å². The van der Waals surface area contributed by atoms with Crippen LogP contribution in [0.3, 0.4) is 0 Å². The first-order valence-electron chi connectivity index (χ1n) is 8.23. The lowest BCUT2D eigenvalue weighted by Crippen LogP contribution is -2.13. The molecule has 0 aliphatic heterocycles. The number of halogens is 3. The molecule has 0 aliphatic carbocycles. The second kappa shape index (κ2) is 8.88. The first-order valence-corrected chi connectivity index (χ1v) is 9.39. The first kappa shape index (κ1) is 21.2. The van der Waals surface area contributed by atoms with Crippen LogP contribution in [0, 0.1) is 0 Å². The van der Waals surface area contributed by atoms with Crippen molar-refractivity contribution in [3.8, 4) is 0 Å². The number of hydrogen-bond acceptors (Lipinski definition) is 4. The van der Waals surface area contributed by atoms with Gasteiger partial charge in [-0.15, -0.1) is 12.4 Å². The molecule has 1 amide bonds. The average molecular weight is 464 g/mol. The van der Waals surface area contributed by atoms with Crippen LogP contribution in [-0.2, 0) is 0 Å². The Kier molecular flexibility index (Phi) is 6.49. The maximum atomic E-state index is 12.7. The number of carbonyl (C=O) groups excluding carboxylic acids is 1. The van der Waals surface area contributed by atoms with Crippen LogP contribution in [0.1, 0.15) is 21.7 Å². The van der Waals surface area contributed by atoms with Crippen LogP contribution in [0.4, 0.5) is 5.69 Å². The topological polar surface area (TPSA) is 70.7 Å². The zero-order valence-corrected chi connectivity index (χ0v) is 17.8. The van der Waals surface area contributed by atoms with Gasteiger partial charge in [0.05, 0.1) is 31.7 Å². The van der Waals surface area contributed by atoms with E-state index < -0.39 is 5.91 Å². The van der Waals surface area contributed by atoms with Crippen LogP contribution in [0.25, 0.3) is 10.9 Å². The average Bonchev–Trinajstić information content (AvgIpc) is 3.22. The van der Waals surface area contributed by atoms with E-state index in [1.54, 1.807) is 42.9 Å². The standard InChI is InChI=1S/C20H12Cl2N4OS.ClH/c21-13-4-2-5-14(22)16(13)20(27)26-15-6-1-3-11-9-12(10-25-17(11)15)18(28)19-23-7-8-24-19;/h1-10H,(H,23,24)(H,26,27);1H. The number of thiocarbonyl (C=S) groups is 1. The number of rotatable bonds is 4. The highest BCUT2D eigenvalue weighted by molar-refractivity contribution is 7.81. The molecule has 4 aromatic rings. The molecule has 2 aromatic carbocycles. The molecule has 4 rings (SSSR count). The first-order chi connectivity index (χ1) is 13.5. The SMILES string of the molecule is Cl.O=C(Nc1cccc2cc(C(=S)c3ncc[nH]3)cnc12)c1c(Cl)cccc1Cl. The number of benzene rings is 2. The number of hydrogen-bond donors (Lipinski definition) is 2. The minimum atomic E-state index is -0.403. The van der Waals surface area contributed by atoms with E-state index in [1.807, 2.05) is 18.2 Å². The fourth-order valence-electron chi connectivity index (χ4n) is 2.81. The minimum Gasteiger partial charge on any atom is -0.344 e. The fraction of sp³-hybridized carbons (Fsp3) is 0. The molecule has 0 unspecified atom stereocenters. The lowest BCUT2D eigenvalue weighted by molar-refractivity contribution is 0.102. The molecule has 29 heavy (non-hydrogen) atoms. The van der Waals surface area contributed by atoms with Gasteiger partial charge in [0.2, 0.25) is 0 Å². The number of aromatic nitrogens is 3. The maximum Gasteiger partial charge on any atom is 0.258 e. The highest BCUT2D eigenvalue weighted by Gasteiger charge is 2.16. The quantitative estimate of drug-likeness (QED) is 0.301. The predicted octanol–water partition coefficient (Wildman–Crippen LogP) is 5.71. The van der Waals surface area contributed by atoms with Gasteiger partial charge >= 0.3 is 0 Å². The van der Waals surface area contributed by atoms with Crippen molar-refractivity contribution in [2.45, 2.75) is 0 Å². The van der Waals surface area contributed by atoms with Crippen molar-refractivity contribution in [1.82, 2.24) is 15.0 Å². The number of carbonyl (C=O) groups is 1. The largest absolute Gasteiger partial charge is 0.344 e. The summed E-state index contributed by atoms with van der Waals surface area (Å²) < 4.78 is 0. The molecule has 2 N–H and O–H groups in total. The van der Waals surface area contributed by atoms with Gasteiger partial charge in [-0.3, -0.25) is 9.78 Å². The summed E-state index contributed by atoms with van der Waals surface area (Å²) in [6.07, 6.45) is 5.01. The molecule has 0 bridgehead atoms.